The van der Waals surface area contributed by atoms with E-state index < -0.39 is 5.97 Å². The van der Waals surface area contributed by atoms with Crippen LogP contribution in [0.2, 0.25) is 0 Å². The van der Waals surface area contributed by atoms with Gasteiger partial charge in [0.05, 0.1) is 24.6 Å². The number of hydrogen-bond donors (Lipinski definition) is 0. The topological polar surface area (TPSA) is 74.1 Å². The van der Waals surface area contributed by atoms with E-state index >= 15 is 0 Å². The Labute approximate surface area is 161 Å². The lowest BCUT2D eigenvalue weighted by molar-refractivity contribution is 0.0601. The largest absolute Gasteiger partial charge is 0.465 e. The van der Waals surface area contributed by atoms with E-state index in [0.717, 1.165) is 11.1 Å². The molecule has 0 radical (unpaired) electrons. The van der Waals surface area contributed by atoms with Crippen LogP contribution in [-0.2, 0) is 11.3 Å². The number of pyridine rings is 1. The molecule has 0 saturated carbocycles. The molecule has 0 aliphatic heterocycles. The number of carbonyl (C=O) groups is 1. The fourth-order valence-electron chi connectivity index (χ4n) is 3.06. The van der Waals surface area contributed by atoms with Crippen molar-refractivity contribution in [3.8, 4) is 11.3 Å². The molecular weight excluding hydrogens is 354 g/mol. The zero-order valence-electron chi connectivity index (χ0n) is 15.2. The second-order valence-corrected chi connectivity index (χ2v) is 6.27. The molecule has 0 unspecified atom stereocenters. The summed E-state index contributed by atoms with van der Waals surface area (Å²) in [6, 6.07) is 20.1. The number of esters is 1. The van der Waals surface area contributed by atoms with Gasteiger partial charge < -0.3 is 4.74 Å². The van der Waals surface area contributed by atoms with Gasteiger partial charge in [-0.3, -0.25) is 9.78 Å². The normalized spacial score (nSPS) is 10.8. The van der Waals surface area contributed by atoms with Gasteiger partial charge in [0, 0.05) is 11.8 Å². The van der Waals surface area contributed by atoms with E-state index in [1.165, 1.54) is 11.8 Å². The zero-order chi connectivity index (χ0) is 19.5. The molecule has 0 atom stereocenters. The Morgan fingerprint density at radius 1 is 1.00 bits per heavy atom. The maximum Gasteiger partial charge on any atom is 0.337 e. The molecule has 4 rings (SSSR count). The fraction of sp³-hybridized carbons (Fsp3) is 0.0909. The summed E-state index contributed by atoms with van der Waals surface area (Å²) < 4.78 is 6.19. The molecule has 0 saturated heterocycles. The van der Waals surface area contributed by atoms with Crippen LogP contribution in [0.15, 0.2) is 77.7 Å². The van der Waals surface area contributed by atoms with Gasteiger partial charge in [-0.25, -0.2) is 9.48 Å². The SMILES string of the molecule is COC(=O)c1ccc(-c2nn(Cc3ccccc3)c(=O)c3cccnc23)cc1. The average Bonchev–Trinajstić information content (AvgIpc) is 2.76. The Kier molecular flexibility index (Phi) is 4.68. The number of fused-ring (bicyclic) bond motifs is 1. The molecule has 4 aromatic rings. The number of rotatable bonds is 4. The minimum atomic E-state index is -0.406. The summed E-state index contributed by atoms with van der Waals surface area (Å²) in [4.78, 5) is 29.0. The predicted octanol–water partition coefficient (Wildman–Crippen LogP) is 3.29. The number of carbonyl (C=O) groups excluding carboxylic acids is 1. The van der Waals surface area contributed by atoms with Gasteiger partial charge in [0.2, 0.25) is 0 Å². The second kappa shape index (κ2) is 7.44. The van der Waals surface area contributed by atoms with E-state index in [2.05, 4.69) is 10.1 Å². The minimum Gasteiger partial charge on any atom is -0.465 e. The molecule has 0 amide bonds. The lowest BCUT2D eigenvalue weighted by Crippen LogP contribution is -2.24. The standard InChI is InChI=1S/C22H17N3O3/c1-28-22(27)17-11-9-16(10-12-17)19-20-18(8-5-13-23-20)21(26)25(24-19)14-15-6-3-2-4-7-15/h2-13H,14H2,1H3. The molecule has 6 nitrogen and oxygen atoms in total. The Balaban J connectivity index is 1.86. The summed E-state index contributed by atoms with van der Waals surface area (Å²) in [5.41, 5.74) is 3.11. The van der Waals surface area contributed by atoms with E-state index in [4.69, 9.17) is 4.74 Å². The smallest absolute Gasteiger partial charge is 0.337 e. The Hall–Kier alpha value is -3.80. The second-order valence-electron chi connectivity index (χ2n) is 6.27. The lowest BCUT2D eigenvalue weighted by Gasteiger charge is -2.11. The first kappa shape index (κ1) is 17.6. The molecule has 2 aromatic heterocycles. The summed E-state index contributed by atoms with van der Waals surface area (Å²) in [6.45, 7) is 0.359. The first-order chi connectivity index (χ1) is 13.7. The molecule has 0 N–H and O–H groups in total. The van der Waals surface area contributed by atoms with Crippen LogP contribution in [0.1, 0.15) is 15.9 Å². The molecule has 0 aliphatic carbocycles. The van der Waals surface area contributed by atoms with Crippen LogP contribution in [0, 0.1) is 0 Å². The maximum atomic E-state index is 12.9. The van der Waals surface area contributed by atoms with E-state index in [0.29, 0.717) is 28.7 Å². The predicted molar refractivity (Wildman–Crippen MR) is 106 cm³/mol. The monoisotopic (exact) mass is 371 g/mol. The van der Waals surface area contributed by atoms with Crippen molar-refractivity contribution in [2.24, 2.45) is 0 Å². The summed E-state index contributed by atoms with van der Waals surface area (Å²) >= 11 is 0. The van der Waals surface area contributed by atoms with Crippen molar-refractivity contribution in [3.63, 3.8) is 0 Å². The molecule has 138 valence electrons. The van der Waals surface area contributed by atoms with E-state index in [1.54, 1.807) is 42.6 Å². The minimum absolute atomic E-state index is 0.193. The third kappa shape index (κ3) is 3.27. The Bertz CT molecular complexity index is 1200. The summed E-state index contributed by atoms with van der Waals surface area (Å²) in [7, 11) is 1.34. The number of hydrogen-bond acceptors (Lipinski definition) is 5. The quantitative estimate of drug-likeness (QED) is 0.515. The molecule has 0 fully saturated rings. The van der Waals surface area contributed by atoms with Gasteiger partial charge in [-0.15, -0.1) is 0 Å². The number of nitrogens with zero attached hydrogens (tertiary/aromatic N) is 3. The number of benzene rings is 2. The van der Waals surface area contributed by atoms with Crippen LogP contribution in [0.4, 0.5) is 0 Å². The highest BCUT2D eigenvalue weighted by Gasteiger charge is 2.14. The highest BCUT2D eigenvalue weighted by molar-refractivity contribution is 5.92. The first-order valence-corrected chi connectivity index (χ1v) is 8.76. The van der Waals surface area contributed by atoms with Crippen molar-refractivity contribution >= 4 is 16.9 Å². The van der Waals surface area contributed by atoms with E-state index in [-0.39, 0.29) is 5.56 Å². The van der Waals surface area contributed by atoms with Gasteiger partial charge in [-0.1, -0.05) is 42.5 Å². The zero-order valence-corrected chi connectivity index (χ0v) is 15.2. The van der Waals surface area contributed by atoms with Crippen LogP contribution in [0.5, 0.6) is 0 Å². The fourth-order valence-corrected chi connectivity index (χ4v) is 3.06. The van der Waals surface area contributed by atoms with Gasteiger partial charge >= 0.3 is 5.97 Å². The molecule has 2 heterocycles. The number of methoxy groups -OCH3 is 1. The lowest BCUT2D eigenvalue weighted by atomic mass is 10.1. The molecule has 0 spiro atoms. The van der Waals surface area contributed by atoms with Crippen molar-refractivity contribution in [3.05, 3.63) is 94.4 Å². The highest BCUT2D eigenvalue weighted by Crippen LogP contribution is 2.23. The van der Waals surface area contributed by atoms with Crippen molar-refractivity contribution in [1.29, 1.82) is 0 Å². The molecule has 0 bridgehead atoms. The Morgan fingerprint density at radius 2 is 1.75 bits per heavy atom. The summed E-state index contributed by atoms with van der Waals surface area (Å²) in [6.07, 6.45) is 1.64. The molecule has 28 heavy (non-hydrogen) atoms. The van der Waals surface area contributed by atoms with Gasteiger partial charge in [0.25, 0.3) is 5.56 Å². The van der Waals surface area contributed by atoms with Gasteiger partial charge in [-0.2, -0.15) is 5.10 Å². The van der Waals surface area contributed by atoms with Crippen molar-refractivity contribution in [2.75, 3.05) is 7.11 Å². The molecule has 6 heteroatoms. The van der Waals surface area contributed by atoms with Gasteiger partial charge in [-0.05, 0) is 29.8 Å². The van der Waals surface area contributed by atoms with Crippen LogP contribution in [0.25, 0.3) is 22.2 Å². The third-order valence-electron chi connectivity index (χ3n) is 4.47. The van der Waals surface area contributed by atoms with Gasteiger partial charge in [0.1, 0.15) is 11.2 Å². The van der Waals surface area contributed by atoms with Gasteiger partial charge in [0.15, 0.2) is 0 Å². The summed E-state index contributed by atoms with van der Waals surface area (Å²) in [5.74, 6) is -0.406. The number of aromatic nitrogens is 3. The number of ether oxygens (including phenoxy) is 1. The molecular formula is C22H17N3O3. The van der Waals surface area contributed by atoms with Crippen molar-refractivity contribution < 1.29 is 9.53 Å². The van der Waals surface area contributed by atoms with Crippen LogP contribution in [-0.4, -0.2) is 27.8 Å². The summed E-state index contributed by atoms with van der Waals surface area (Å²) in [5, 5.41) is 5.09. The highest BCUT2D eigenvalue weighted by atomic mass is 16.5. The van der Waals surface area contributed by atoms with Crippen LogP contribution in [0.3, 0.4) is 0 Å². The van der Waals surface area contributed by atoms with Crippen LogP contribution >= 0.6 is 0 Å². The van der Waals surface area contributed by atoms with E-state index in [9.17, 15) is 9.59 Å². The van der Waals surface area contributed by atoms with E-state index in [1.807, 2.05) is 30.3 Å². The molecule has 0 aliphatic rings. The third-order valence-corrected chi connectivity index (χ3v) is 4.47. The Morgan fingerprint density at radius 3 is 2.46 bits per heavy atom. The molecule has 2 aromatic carbocycles. The van der Waals surface area contributed by atoms with Crippen LogP contribution < -0.4 is 5.56 Å². The average molecular weight is 371 g/mol. The first-order valence-electron chi connectivity index (χ1n) is 8.76. The van der Waals surface area contributed by atoms with Crippen molar-refractivity contribution in [1.82, 2.24) is 14.8 Å². The maximum absolute atomic E-state index is 12.9. The van der Waals surface area contributed by atoms with Crippen molar-refractivity contribution in [2.45, 2.75) is 6.54 Å².